The van der Waals surface area contributed by atoms with Crippen LogP contribution in [-0.4, -0.2) is 58.8 Å². The van der Waals surface area contributed by atoms with E-state index in [0.717, 1.165) is 33.5 Å². The van der Waals surface area contributed by atoms with Crippen molar-refractivity contribution in [2.24, 2.45) is 0 Å². The number of rotatable bonds is 5. The molecule has 172 valence electrons. The zero-order valence-corrected chi connectivity index (χ0v) is 22.5. The summed E-state index contributed by atoms with van der Waals surface area (Å²) in [6.45, 7) is 4.56. The van der Waals surface area contributed by atoms with Gasteiger partial charge < -0.3 is 0 Å². The number of benzene rings is 1. The van der Waals surface area contributed by atoms with Gasteiger partial charge in [-0.1, -0.05) is 0 Å². The molecule has 2 aromatic rings. The molecule has 3 heterocycles. The molecule has 2 aliphatic rings. The van der Waals surface area contributed by atoms with Crippen molar-refractivity contribution in [3.63, 3.8) is 0 Å². The van der Waals surface area contributed by atoms with E-state index in [-0.39, 0.29) is 24.8 Å². The number of amides is 1. The minimum atomic E-state index is -1.14. The van der Waals surface area contributed by atoms with Gasteiger partial charge in [-0.25, -0.2) is 0 Å². The summed E-state index contributed by atoms with van der Waals surface area (Å²) >= 11 is 13.7. The van der Waals surface area contributed by atoms with Gasteiger partial charge in [0.25, 0.3) is 0 Å². The molecule has 1 aromatic carbocycles. The van der Waals surface area contributed by atoms with Crippen LogP contribution in [0.15, 0.2) is 33.7 Å². The summed E-state index contributed by atoms with van der Waals surface area (Å²) in [6.07, 6.45) is 3.76. The third-order valence-corrected chi connectivity index (χ3v) is 10.3. The molecule has 2 aliphatic heterocycles. The second-order valence-corrected chi connectivity index (χ2v) is 12.3. The average Bonchev–Trinajstić information content (AvgIpc) is 3.37. The number of aliphatic carboxylic acids is 1. The van der Waals surface area contributed by atoms with Gasteiger partial charge in [0.1, 0.15) is 0 Å². The first-order valence-corrected chi connectivity index (χ1v) is 14.0. The topological polar surface area (TPSA) is 82.8 Å². The molecule has 33 heavy (non-hydrogen) atoms. The van der Waals surface area contributed by atoms with Crippen LogP contribution in [0.4, 0.5) is 5.69 Å². The van der Waals surface area contributed by atoms with Crippen LogP contribution in [0.1, 0.15) is 13.8 Å². The number of hydrogen-bond acceptors (Lipinski definition) is 7. The van der Waals surface area contributed by atoms with Crippen molar-refractivity contribution in [1.82, 2.24) is 9.47 Å². The Bertz CT molecular complexity index is 1400. The number of anilines is 1. The predicted octanol–water partition coefficient (Wildman–Crippen LogP) is 1.13. The molecule has 0 bridgehead atoms. The Morgan fingerprint density at radius 2 is 1.97 bits per heavy atom. The van der Waals surface area contributed by atoms with Crippen LogP contribution in [0.5, 0.6) is 0 Å². The monoisotopic (exact) mass is 587 g/mol. The van der Waals surface area contributed by atoms with E-state index in [2.05, 4.69) is 11.8 Å². The number of carbonyl (C=O) groups excluding carboxylic acids is 1. The normalized spacial score (nSPS) is 19.2. The molecule has 12 heteroatoms. The van der Waals surface area contributed by atoms with E-state index in [0.29, 0.717) is 25.7 Å². The van der Waals surface area contributed by atoms with Gasteiger partial charge in [-0.3, -0.25) is 0 Å². The molecule has 1 fully saturated rings. The van der Waals surface area contributed by atoms with Crippen molar-refractivity contribution >= 4 is 99.2 Å². The van der Waals surface area contributed by atoms with Crippen LogP contribution >= 0.6 is 46.9 Å². The van der Waals surface area contributed by atoms with Crippen LogP contribution in [0, 0.1) is 0 Å². The molecule has 0 radical (unpaired) electrons. The van der Waals surface area contributed by atoms with Gasteiger partial charge in [0, 0.05) is 0 Å². The van der Waals surface area contributed by atoms with Gasteiger partial charge in [-0.15, -0.1) is 0 Å². The number of fused-ring (bicyclic) bond motifs is 1. The summed E-state index contributed by atoms with van der Waals surface area (Å²) in [5.74, 6) is -1.63. The van der Waals surface area contributed by atoms with E-state index in [1.165, 1.54) is 20.4 Å². The Kier molecular flexibility index (Phi) is 7.18. The Morgan fingerprint density at radius 1 is 1.21 bits per heavy atom. The molecule has 7 nitrogen and oxygen atoms in total. The van der Waals surface area contributed by atoms with Crippen molar-refractivity contribution in [2.45, 2.75) is 20.4 Å². The summed E-state index contributed by atoms with van der Waals surface area (Å²) in [6, 6.07) is 5.89. The first kappa shape index (κ1) is 24.3. The molecular weight excluding hydrogens is 569 g/mol. The van der Waals surface area contributed by atoms with Crippen LogP contribution in [0.25, 0.3) is 11.0 Å². The summed E-state index contributed by atoms with van der Waals surface area (Å²) in [7, 11) is 0. The fraction of sp³-hybridized carbons (Fsp3) is 0.238. The summed E-state index contributed by atoms with van der Waals surface area (Å²) < 4.78 is 5.07. The maximum atomic E-state index is 13.1. The number of aromatic nitrogens is 1. The number of thiazole rings is 1. The summed E-state index contributed by atoms with van der Waals surface area (Å²) in [4.78, 5) is 40.5. The fourth-order valence-electron chi connectivity index (χ4n) is 3.46. The van der Waals surface area contributed by atoms with Gasteiger partial charge >= 0.3 is 215 Å². The molecule has 0 unspecified atom stereocenters. The number of carboxylic acid groups (broad SMARTS) is 1. The molecular formula is C21H18ClN3O4S3Se. The van der Waals surface area contributed by atoms with E-state index in [9.17, 15) is 14.4 Å². The minimum absolute atomic E-state index is 0.0891. The van der Waals surface area contributed by atoms with Crippen LogP contribution in [-0.2, 0) is 16.1 Å². The zero-order chi connectivity index (χ0) is 23.9. The van der Waals surface area contributed by atoms with Crippen molar-refractivity contribution in [2.75, 3.05) is 18.0 Å². The number of carbonyl (C=O) groups is 2. The molecule has 1 N–H and O–H groups in total. The van der Waals surface area contributed by atoms with E-state index in [4.69, 9.17) is 28.9 Å². The number of thioether (sulfide) groups is 1. The predicted molar refractivity (Wildman–Crippen MR) is 139 cm³/mol. The Labute approximate surface area is 214 Å². The maximum absolute atomic E-state index is 13.1. The number of nitrogens with zero attached hydrogens (tertiary/aromatic N) is 3. The standard InChI is InChI=1S/C21H18ClN3O4S3Se/c1-3-23-12-9-11(22)5-7-14(12)33-15(23)8-6-13-18(28)24(4-2)20(31-13)17-19(29)25(10-16(26)27)21(30)32-17/h5-9H,3-4,10H2,1-2H3,(H,26,27)/b13-6+,15-8-,20-17-. The van der Waals surface area contributed by atoms with Crippen molar-refractivity contribution in [1.29, 1.82) is 0 Å². The van der Waals surface area contributed by atoms with Crippen LogP contribution < -0.4 is 24.1 Å². The molecule has 1 saturated heterocycles. The van der Waals surface area contributed by atoms with Crippen LogP contribution in [0.3, 0.4) is 0 Å². The van der Waals surface area contributed by atoms with Crippen molar-refractivity contribution in [3.8, 4) is 0 Å². The van der Waals surface area contributed by atoms with Gasteiger partial charge in [0.15, 0.2) is 0 Å². The van der Waals surface area contributed by atoms with Gasteiger partial charge in [-0.05, 0) is 0 Å². The van der Waals surface area contributed by atoms with E-state index < -0.39 is 18.4 Å². The number of halogens is 1. The third-order valence-electron chi connectivity index (χ3n) is 4.95. The summed E-state index contributed by atoms with van der Waals surface area (Å²) in [5.41, 5.74) is 0.907. The first-order valence-electron chi connectivity index (χ1n) is 9.91. The number of hydrogen-bond donors (Lipinski definition) is 1. The van der Waals surface area contributed by atoms with E-state index in [1.54, 1.807) is 6.08 Å². The van der Waals surface area contributed by atoms with Gasteiger partial charge in [0.05, 0.1) is 0 Å². The second-order valence-electron chi connectivity index (χ2n) is 6.93. The molecule has 0 spiro atoms. The molecule has 0 atom stereocenters. The van der Waals surface area contributed by atoms with Gasteiger partial charge in [-0.2, -0.15) is 0 Å². The van der Waals surface area contributed by atoms with E-state index >= 15 is 0 Å². The zero-order valence-electron chi connectivity index (χ0n) is 17.5. The van der Waals surface area contributed by atoms with Crippen molar-refractivity contribution < 1.29 is 14.7 Å². The first-order chi connectivity index (χ1) is 15.7. The third kappa shape index (κ3) is 4.58. The molecule has 1 amide bonds. The number of carboxylic acids is 1. The molecule has 0 saturated carbocycles. The quantitative estimate of drug-likeness (QED) is 0.416. The SMILES string of the molecule is CCN1/C(=C/C=c2/s/c(=C3\SC(=S)N(CC(=O)O)C3=O)n(CC)c2=O)[Se]c2ccc(Cl)cc21. The number of allylic oxidation sites excluding steroid dienone is 1. The van der Waals surface area contributed by atoms with Crippen LogP contribution in [0.2, 0.25) is 5.02 Å². The molecule has 4 rings (SSSR count). The Morgan fingerprint density at radius 3 is 2.64 bits per heavy atom. The average molecular weight is 587 g/mol. The fourth-order valence-corrected chi connectivity index (χ4v) is 8.47. The Hall–Kier alpha value is -1.88. The Balaban J connectivity index is 1.78. The van der Waals surface area contributed by atoms with Gasteiger partial charge in [0.2, 0.25) is 0 Å². The molecule has 1 aromatic heterocycles. The van der Waals surface area contributed by atoms with E-state index in [1.807, 2.05) is 31.2 Å². The van der Waals surface area contributed by atoms with Crippen molar-refractivity contribution in [3.05, 3.63) is 53.4 Å². The summed E-state index contributed by atoms with van der Waals surface area (Å²) in [5, 5.41) is 9.75. The second kappa shape index (κ2) is 9.77. The number of thiocarbonyl (C=S) groups is 1. The molecule has 0 aliphatic carbocycles.